The van der Waals surface area contributed by atoms with Gasteiger partial charge in [0.25, 0.3) is 0 Å². The summed E-state index contributed by atoms with van der Waals surface area (Å²) in [5, 5.41) is 13.2. The number of carbonyl (C=O) groups is 1. The van der Waals surface area contributed by atoms with Crippen LogP contribution in [0.2, 0.25) is 0 Å². The van der Waals surface area contributed by atoms with Crippen molar-refractivity contribution < 1.29 is 14.3 Å². The zero-order chi connectivity index (χ0) is 24.0. The highest BCUT2D eigenvalue weighted by Gasteiger charge is 2.39. The number of benzene rings is 2. The van der Waals surface area contributed by atoms with E-state index in [4.69, 9.17) is 11.6 Å². The van der Waals surface area contributed by atoms with Gasteiger partial charge in [0.2, 0.25) is 5.91 Å². The van der Waals surface area contributed by atoms with Crippen LogP contribution in [0.4, 0.5) is 9.39 Å². The lowest BCUT2D eigenvalue weighted by Crippen LogP contribution is -2.54. The second-order valence-corrected chi connectivity index (χ2v) is 9.88. The number of anilines is 1. The molecule has 1 saturated heterocycles. The zero-order valence-electron chi connectivity index (χ0n) is 18.7. The van der Waals surface area contributed by atoms with Gasteiger partial charge in [-0.25, -0.2) is 4.39 Å². The lowest BCUT2D eigenvalue weighted by Gasteiger charge is -2.42. The van der Waals surface area contributed by atoms with E-state index in [1.165, 1.54) is 17.6 Å². The molecule has 2 heterocycles. The minimum absolute atomic E-state index is 0.0719. The molecule has 5 nitrogen and oxygen atoms in total. The standard InChI is InChI=1S/C26H25ClFN3O2S/c1-3-16-14-30(22(33)4-2)9-10-31(16)26-20-13-21(27)23(24(28)25(20)29-34-26)19-12-17(32)11-15-7-5-6-8-18(15)19/h4-8,11-13,16,23-24,32H,2-3,9-10,14H2,1H3/t16-,23?,24?/m0/s1. The van der Waals surface area contributed by atoms with Crippen molar-refractivity contribution in [2.24, 2.45) is 0 Å². The lowest BCUT2D eigenvalue weighted by atomic mass is 9.83. The van der Waals surface area contributed by atoms with E-state index in [2.05, 4.69) is 22.8 Å². The van der Waals surface area contributed by atoms with E-state index >= 15 is 4.39 Å². The van der Waals surface area contributed by atoms with Crippen LogP contribution in [0, 0.1) is 0 Å². The number of allylic oxidation sites excluding steroid dienone is 1. The number of carbonyl (C=O) groups excluding carboxylic acids is 1. The first-order valence-electron chi connectivity index (χ1n) is 11.3. The van der Waals surface area contributed by atoms with Crippen LogP contribution in [0.1, 0.15) is 42.3 Å². The molecule has 3 aromatic rings. The Morgan fingerprint density at radius 1 is 1.35 bits per heavy atom. The summed E-state index contributed by atoms with van der Waals surface area (Å²) in [6.45, 7) is 7.47. The van der Waals surface area contributed by atoms with Crippen molar-refractivity contribution in [3.05, 3.63) is 70.9 Å². The molecule has 2 aliphatic rings. The molecule has 2 aromatic carbocycles. The van der Waals surface area contributed by atoms with Crippen LogP contribution in [-0.4, -0.2) is 46.0 Å². The summed E-state index contributed by atoms with van der Waals surface area (Å²) in [5.41, 5.74) is 1.74. The Hall–Kier alpha value is -2.90. The van der Waals surface area contributed by atoms with Gasteiger partial charge in [-0.15, -0.1) is 0 Å². The van der Waals surface area contributed by atoms with Gasteiger partial charge in [-0.05, 0) is 58.6 Å². The highest BCUT2D eigenvalue weighted by atomic mass is 35.5. The molecule has 0 bridgehead atoms. The molecule has 8 heteroatoms. The van der Waals surface area contributed by atoms with Crippen molar-refractivity contribution in [2.75, 3.05) is 24.5 Å². The molecule has 0 spiro atoms. The molecule has 3 atom stereocenters. The molecule has 1 aromatic heterocycles. The number of alkyl halides is 1. The van der Waals surface area contributed by atoms with Gasteiger partial charge in [0, 0.05) is 36.3 Å². The number of fused-ring (bicyclic) bond motifs is 2. The number of amides is 1. The average molecular weight is 498 g/mol. The molecule has 1 amide bonds. The van der Waals surface area contributed by atoms with E-state index in [1.54, 1.807) is 17.0 Å². The van der Waals surface area contributed by atoms with Crippen LogP contribution in [0.5, 0.6) is 5.75 Å². The van der Waals surface area contributed by atoms with Crippen molar-refractivity contribution in [3.8, 4) is 5.75 Å². The number of phenolic OH excluding ortho intramolecular Hbond substituents is 1. The van der Waals surface area contributed by atoms with E-state index in [0.717, 1.165) is 22.2 Å². The number of nitrogens with zero attached hydrogens (tertiary/aromatic N) is 3. The summed E-state index contributed by atoms with van der Waals surface area (Å²) in [6, 6.07) is 10.9. The molecular formula is C26H25ClFN3O2S. The Labute approximate surface area is 206 Å². The summed E-state index contributed by atoms with van der Waals surface area (Å²) < 4.78 is 20.6. The normalized spacial score (nSPS) is 22.4. The van der Waals surface area contributed by atoms with Gasteiger partial charge in [-0.2, -0.15) is 4.37 Å². The van der Waals surface area contributed by atoms with Crippen molar-refractivity contribution in [1.29, 1.82) is 0 Å². The molecule has 0 saturated carbocycles. The van der Waals surface area contributed by atoms with Gasteiger partial charge in [0.05, 0.1) is 11.6 Å². The summed E-state index contributed by atoms with van der Waals surface area (Å²) in [5.74, 6) is -0.740. The molecule has 1 aliphatic carbocycles. The first-order chi connectivity index (χ1) is 16.4. The van der Waals surface area contributed by atoms with Crippen molar-refractivity contribution in [2.45, 2.75) is 31.5 Å². The number of aromatic nitrogens is 1. The number of rotatable bonds is 4. The molecule has 1 N–H and O–H groups in total. The molecule has 1 fully saturated rings. The van der Waals surface area contributed by atoms with Gasteiger partial charge in [0.15, 0.2) is 6.17 Å². The predicted octanol–water partition coefficient (Wildman–Crippen LogP) is 6.00. The first kappa shape index (κ1) is 22.9. The second-order valence-electron chi connectivity index (χ2n) is 8.70. The van der Waals surface area contributed by atoms with Crippen LogP contribution in [-0.2, 0) is 4.79 Å². The number of hydrogen-bond donors (Lipinski definition) is 1. The van der Waals surface area contributed by atoms with Crippen molar-refractivity contribution in [3.63, 3.8) is 0 Å². The Morgan fingerprint density at radius 3 is 2.91 bits per heavy atom. The maximum atomic E-state index is 16.1. The average Bonchev–Trinajstić information content (AvgIpc) is 3.26. The van der Waals surface area contributed by atoms with Crippen LogP contribution in [0.3, 0.4) is 0 Å². The zero-order valence-corrected chi connectivity index (χ0v) is 20.3. The maximum Gasteiger partial charge on any atom is 0.246 e. The van der Waals surface area contributed by atoms with Crippen molar-refractivity contribution >= 4 is 50.9 Å². The fourth-order valence-electron chi connectivity index (χ4n) is 5.06. The summed E-state index contributed by atoms with van der Waals surface area (Å²) in [4.78, 5) is 16.1. The third kappa shape index (κ3) is 3.77. The smallest absolute Gasteiger partial charge is 0.246 e. The molecule has 1 aliphatic heterocycles. The monoisotopic (exact) mass is 497 g/mol. The number of halogens is 2. The summed E-state index contributed by atoms with van der Waals surface area (Å²) in [7, 11) is 0. The van der Waals surface area contributed by atoms with Crippen LogP contribution in [0.25, 0.3) is 16.8 Å². The third-order valence-electron chi connectivity index (χ3n) is 6.78. The quantitative estimate of drug-likeness (QED) is 0.449. The van der Waals surface area contributed by atoms with Crippen LogP contribution in [0.15, 0.2) is 54.1 Å². The predicted molar refractivity (Wildman–Crippen MR) is 136 cm³/mol. The fraction of sp³-hybridized carbons (Fsp3) is 0.308. The topological polar surface area (TPSA) is 56.7 Å². The van der Waals surface area contributed by atoms with Crippen molar-refractivity contribution in [1.82, 2.24) is 9.27 Å². The third-order valence-corrected chi connectivity index (χ3v) is 8.04. The Morgan fingerprint density at radius 2 is 2.15 bits per heavy atom. The van der Waals surface area contributed by atoms with E-state index in [9.17, 15) is 9.90 Å². The number of piperazine rings is 1. The maximum absolute atomic E-state index is 16.1. The Balaban J connectivity index is 1.52. The first-order valence-corrected chi connectivity index (χ1v) is 12.5. The SMILES string of the molecule is C=CC(=O)N1CCN(c2snc3c2C=C(Cl)C(c2cc(O)cc4ccccc24)C3F)[C@@H](CC)C1. The molecule has 5 rings (SSSR count). The molecule has 0 radical (unpaired) electrons. The highest BCUT2D eigenvalue weighted by molar-refractivity contribution is 7.10. The van der Waals surface area contributed by atoms with Gasteiger partial charge < -0.3 is 14.9 Å². The van der Waals surface area contributed by atoms with E-state index in [-0.39, 0.29) is 17.7 Å². The van der Waals surface area contributed by atoms with Gasteiger partial charge in [-0.1, -0.05) is 49.4 Å². The van der Waals surface area contributed by atoms with Gasteiger partial charge >= 0.3 is 0 Å². The summed E-state index contributed by atoms with van der Waals surface area (Å²) >= 11 is 8.02. The minimum atomic E-state index is -1.44. The Bertz CT molecular complexity index is 1310. The van der Waals surface area contributed by atoms with E-state index in [0.29, 0.717) is 41.5 Å². The largest absolute Gasteiger partial charge is 0.508 e. The molecular weight excluding hydrogens is 473 g/mol. The van der Waals surface area contributed by atoms with E-state index < -0.39 is 12.1 Å². The molecule has 2 unspecified atom stereocenters. The van der Waals surface area contributed by atoms with Gasteiger partial charge in [0.1, 0.15) is 10.8 Å². The summed E-state index contributed by atoms with van der Waals surface area (Å²) in [6.07, 6.45) is 2.57. The number of phenols is 1. The van der Waals surface area contributed by atoms with Gasteiger partial charge in [-0.3, -0.25) is 4.79 Å². The second kappa shape index (κ2) is 9.04. The van der Waals surface area contributed by atoms with E-state index in [1.807, 2.05) is 30.3 Å². The minimum Gasteiger partial charge on any atom is -0.508 e. The lowest BCUT2D eigenvalue weighted by molar-refractivity contribution is -0.126. The number of aromatic hydroxyl groups is 1. The fourth-order valence-corrected chi connectivity index (χ4v) is 6.38. The van der Waals surface area contributed by atoms with Crippen LogP contribution >= 0.6 is 23.1 Å². The number of hydrogen-bond acceptors (Lipinski definition) is 5. The molecule has 34 heavy (non-hydrogen) atoms. The molecule has 176 valence electrons. The van der Waals surface area contributed by atoms with Crippen LogP contribution < -0.4 is 4.90 Å². The Kier molecular flexibility index (Phi) is 6.08. The highest BCUT2D eigenvalue weighted by Crippen LogP contribution is 2.52.